The standard InChI is InChI=1S/C14H27NO.2C9H19NO/c1-13(2,3)12(16)11-7-9-15(10-8-11)14(4,5)6;2*1-7(2)9(11)6-10(5)8(3)4/h11H,7-10H2,1-6H3;2*7-8H,6H2,1-5H3. The van der Waals surface area contributed by atoms with Crippen LogP contribution in [-0.2, 0) is 14.4 Å². The molecule has 1 aliphatic rings. The normalized spacial score (nSPS) is 15.6. The Kier molecular flexibility index (Phi) is 18.0. The Bertz CT molecular complexity index is 660. The molecule has 0 spiro atoms. The molecule has 0 radical (unpaired) electrons. The van der Waals surface area contributed by atoms with E-state index >= 15 is 0 Å². The van der Waals surface area contributed by atoms with Crippen LogP contribution in [0.25, 0.3) is 0 Å². The summed E-state index contributed by atoms with van der Waals surface area (Å²) in [5.74, 6) is 1.70. The molecule has 1 aliphatic heterocycles. The first-order valence-corrected chi connectivity index (χ1v) is 14.8. The monoisotopic (exact) mass is 540 g/mol. The third-order valence-corrected chi connectivity index (χ3v) is 7.42. The Morgan fingerprint density at radius 1 is 0.684 bits per heavy atom. The van der Waals surface area contributed by atoms with Crippen molar-refractivity contribution in [3.63, 3.8) is 0 Å². The molecule has 0 atom stereocenters. The predicted molar refractivity (Wildman–Crippen MR) is 164 cm³/mol. The van der Waals surface area contributed by atoms with Crippen molar-refractivity contribution in [1.29, 1.82) is 0 Å². The largest absolute Gasteiger partial charge is 0.299 e. The quantitative estimate of drug-likeness (QED) is 0.347. The Labute approximate surface area is 237 Å². The van der Waals surface area contributed by atoms with E-state index in [1.165, 1.54) is 0 Å². The summed E-state index contributed by atoms with van der Waals surface area (Å²) in [4.78, 5) is 41.2. The zero-order valence-electron chi connectivity index (χ0n) is 28.2. The van der Waals surface area contributed by atoms with Gasteiger partial charge in [0.15, 0.2) is 0 Å². The summed E-state index contributed by atoms with van der Waals surface area (Å²) < 4.78 is 0. The summed E-state index contributed by atoms with van der Waals surface area (Å²) in [6, 6.07) is 0.912. The number of piperidine rings is 1. The number of hydrogen-bond donors (Lipinski definition) is 0. The van der Waals surface area contributed by atoms with Gasteiger partial charge < -0.3 is 0 Å². The highest BCUT2D eigenvalue weighted by Crippen LogP contribution is 2.29. The second-order valence-corrected chi connectivity index (χ2v) is 14.3. The molecular formula is C32H65N3O3. The summed E-state index contributed by atoms with van der Waals surface area (Å²) >= 11 is 0. The highest BCUT2D eigenvalue weighted by atomic mass is 16.1. The summed E-state index contributed by atoms with van der Waals surface area (Å²) in [6.07, 6.45) is 2.07. The maximum absolute atomic E-state index is 12.2. The van der Waals surface area contributed by atoms with Gasteiger partial charge in [0.2, 0.25) is 0 Å². The number of nitrogens with zero attached hydrogens (tertiary/aromatic N) is 3. The van der Waals surface area contributed by atoms with Gasteiger partial charge in [0.1, 0.15) is 17.3 Å². The number of likely N-dealkylation sites (N-methyl/N-ethyl adjacent to an activating group) is 2. The lowest BCUT2D eigenvalue weighted by Gasteiger charge is -2.41. The fourth-order valence-corrected chi connectivity index (χ4v) is 3.65. The molecule has 0 aliphatic carbocycles. The average Bonchev–Trinajstić information content (AvgIpc) is 2.77. The molecule has 38 heavy (non-hydrogen) atoms. The van der Waals surface area contributed by atoms with Crippen LogP contribution in [0.3, 0.4) is 0 Å². The zero-order chi connectivity index (χ0) is 30.6. The number of carbonyl (C=O) groups is 3. The molecule has 1 heterocycles. The molecule has 6 heteroatoms. The Morgan fingerprint density at radius 2 is 1.00 bits per heavy atom. The van der Waals surface area contributed by atoms with Crippen molar-refractivity contribution in [2.75, 3.05) is 40.3 Å². The number of ketones is 3. The van der Waals surface area contributed by atoms with Crippen LogP contribution in [-0.4, -0.2) is 89.9 Å². The lowest BCUT2D eigenvalue weighted by Crippen LogP contribution is -2.48. The van der Waals surface area contributed by atoms with E-state index in [-0.39, 0.29) is 22.8 Å². The summed E-state index contributed by atoms with van der Waals surface area (Å²) in [6.45, 7) is 32.3. The van der Waals surface area contributed by atoms with Crippen LogP contribution >= 0.6 is 0 Å². The van der Waals surface area contributed by atoms with Crippen molar-refractivity contribution < 1.29 is 14.4 Å². The van der Waals surface area contributed by atoms with Gasteiger partial charge >= 0.3 is 0 Å². The van der Waals surface area contributed by atoms with Gasteiger partial charge in [-0.3, -0.25) is 29.1 Å². The Hall–Kier alpha value is -1.11. The second kappa shape index (κ2) is 17.6. The van der Waals surface area contributed by atoms with E-state index < -0.39 is 0 Å². The first-order chi connectivity index (χ1) is 17.0. The first kappa shape index (κ1) is 39.0. The fourth-order valence-electron chi connectivity index (χ4n) is 3.65. The Morgan fingerprint density at radius 3 is 1.21 bits per heavy atom. The average molecular weight is 540 g/mol. The van der Waals surface area contributed by atoms with Crippen LogP contribution in [0.2, 0.25) is 0 Å². The number of likely N-dealkylation sites (tertiary alicyclic amines) is 1. The van der Waals surface area contributed by atoms with Crippen LogP contribution in [0.4, 0.5) is 0 Å². The van der Waals surface area contributed by atoms with E-state index in [0.717, 1.165) is 25.9 Å². The second-order valence-electron chi connectivity index (χ2n) is 14.3. The van der Waals surface area contributed by atoms with E-state index in [4.69, 9.17) is 0 Å². The number of Topliss-reactive ketones (excluding diaryl/α,β-unsaturated/α-hetero) is 3. The third kappa shape index (κ3) is 16.8. The highest BCUT2D eigenvalue weighted by Gasteiger charge is 2.34. The van der Waals surface area contributed by atoms with E-state index in [0.29, 0.717) is 48.4 Å². The predicted octanol–water partition coefficient (Wildman–Crippen LogP) is 6.22. The smallest absolute Gasteiger partial charge is 0.149 e. The molecule has 0 amide bonds. The van der Waals surface area contributed by atoms with Crippen molar-refractivity contribution in [2.45, 2.75) is 127 Å². The van der Waals surface area contributed by atoms with Gasteiger partial charge in [-0.15, -0.1) is 0 Å². The van der Waals surface area contributed by atoms with Gasteiger partial charge in [-0.05, 0) is 88.5 Å². The van der Waals surface area contributed by atoms with Crippen LogP contribution < -0.4 is 0 Å². The van der Waals surface area contributed by atoms with Crippen LogP contribution in [0.5, 0.6) is 0 Å². The SMILES string of the molecule is CC(C)(C)C(=O)C1CCN(C(C)(C)C)CC1.CC(C)C(=O)CN(C)C(C)C.CC(C)C(=O)CN(C)C(C)C. The van der Waals surface area contributed by atoms with E-state index in [9.17, 15) is 14.4 Å². The maximum atomic E-state index is 12.2. The fraction of sp³-hybridized carbons (Fsp3) is 0.906. The number of rotatable bonds is 9. The molecule has 1 fully saturated rings. The summed E-state index contributed by atoms with van der Waals surface area (Å²) in [5, 5.41) is 0. The molecule has 226 valence electrons. The minimum Gasteiger partial charge on any atom is -0.299 e. The third-order valence-electron chi connectivity index (χ3n) is 7.42. The zero-order valence-corrected chi connectivity index (χ0v) is 28.2. The summed E-state index contributed by atoms with van der Waals surface area (Å²) in [5.41, 5.74) is 0.0737. The van der Waals surface area contributed by atoms with E-state index in [1.54, 1.807) is 0 Å². The van der Waals surface area contributed by atoms with Gasteiger partial charge in [0, 0.05) is 40.8 Å². The van der Waals surface area contributed by atoms with Gasteiger partial charge in [-0.2, -0.15) is 0 Å². The van der Waals surface area contributed by atoms with Crippen molar-refractivity contribution in [3.05, 3.63) is 0 Å². The molecule has 0 bridgehead atoms. The van der Waals surface area contributed by atoms with E-state index in [1.807, 2.05) is 62.6 Å². The van der Waals surface area contributed by atoms with Crippen molar-refractivity contribution in [1.82, 2.24) is 14.7 Å². The molecular weight excluding hydrogens is 474 g/mol. The van der Waals surface area contributed by atoms with Crippen LogP contribution in [0, 0.1) is 23.2 Å². The maximum Gasteiger partial charge on any atom is 0.149 e. The molecule has 0 N–H and O–H groups in total. The van der Waals surface area contributed by atoms with Crippen molar-refractivity contribution in [3.8, 4) is 0 Å². The minimum absolute atomic E-state index is 0.163. The number of carbonyl (C=O) groups excluding carboxylic acids is 3. The molecule has 0 saturated carbocycles. The molecule has 0 unspecified atom stereocenters. The minimum atomic E-state index is -0.172. The molecule has 0 aromatic heterocycles. The van der Waals surface area contributed by atoms with Gasteiger partial charge in [0.05, 0.1) is 13.1 Å². The molecule has 1 saturated heterocycles. The van der Waals surface area contributed by atoms with Crippen LogP contribution in [0.15, 0.2) is 0 Å². The van der Waals surface area contributed by atoms with E-state index in [2.05, 4.69) is 63.2 Å². The molecule has 0 aromatic rings. The molecule has 6 nitrogen and oxygen atoms in total. The molecule has 0 aromatic carbocycles. The van der Waals surface area contributed by atoms with Crippen LogP contribution in [0.1, 0.15) is 110 Å². The van der Waals surface area contributed by atoms with Crippen molar-refractivity contribution in [2.24, 2.45) is 23.2 Å². The van der Waals surface area contributed by atoms with Gasteiger partial charge in [-0.25, -0.2) is 0 Å². The summed E-state index contributed by atoms with van der Waals surface area (Å²) in [7, 11) is 3.95. The lowest BCUT2D eigenvalue weighted by atomic mass is 9.78. The van der Waals surface area contributed by atoms with Gasteiger partial charge in [0.25, 0.3) is 0 Å². The lowest BCUT2D eigenvalue weighted by molar-refractivity contribution is -0.132. The molecule has 1 rings (SSSR count). The highest BCUT2D eigenvalue weighted by molar-refractivity contribution is 5.86. The topological polar surface area (TPSA) is 60.9 Å². The first-order valence-electron chi connectivity index (χ1n) is 14.8. The Balaban J connectivity index is 0. The number of hydrogen-bond acceptors (Lipinski definition) is 6. The van der Waals surface area contributed by atoms with Gasteiger partial charge in [-0.1, -0.05) is 48.5 Å². The van der Waals surface area contributed by atoms with Crippen molar-refractivity contribution >= 4 is 17.3 Å².